The van der Waals surface area contributed by atoms with Crippen LogP contribution in [0.1, 0.15) is 28.4 Å². The van der Waals surface area contributed by atoms with Gasteiger partial charge in [0.1, 0.15) is 19.3 Å². The second kappa shape index (κ2) is 5.17. The van der Waals surface area contributed by atoms with Gasteiger partial charge in [0.05, 0.1) is 0 Å². The van der Waals surface area contributed by atoms with Crippen molar-refractivity contribution < 1.29 is 14.6 Å². The molecule has 1 aliphatic heterocycles. The summed E-state index contributed by atoms with van der Waals surface area (Å²) in [5, 5.41) is 10.7. The molecule has 1 atom stereocenters. The second-order valence-corrected chi connectivity index (χ2v) is 5.11. The third-order valence-electron chi connectivity index (χ3n) is 3.70. The van der Waals surface area contributed by atoms with Gasteiger partial charge >= 0.3 is 0 Å². The molecule has 2 aromatic rings. The van der Waals surface area contributed by atoms with Gasteiger partial charge in [0.25, 0.3) is 0 Å². The van der Waals surface area contributed by atoms with Gasteiger partial charge in [-0.2, -0.15) is 0 Å². The minimum absolute atomic E-state index is 0.552. The molecular weight excluding hydrogens is 252 g/mol. The van der Waals surface area contributed by atoms with Crippen LogP contribution >= 0.6 is 0 Å². The summed E-state index contributed by atoms with van der Waals surface area (Å²) >= 11 is 0. The summed E-state index contributed by atoms with van der Waals surface area (Å²) in [6, 6.07) is 11.7. The third kappa shape index (κ3) is 2.25. The van der Waals surface area contributed by atoms with Gasteiger partial charge in [0.15, 0.2) is 11.5 Å². The molecule has 0 bridgehead atoms. The molecule has 3 nitrogen and oxygen atoms in total. The molecule has 3 rings (SSSR count). The molecule has 0 aliphatic carbocycles. The van der Waals surface area contributed by atoms with Crippen molar-refractivity contribution in [2.75, 3.05) is 13.2 Å². The van der Waals surface area contributed by atoms with E-state index < -0.39 is 6.10 Å². The van der Waals surface area contributed by atoms with Crippen molar-refractivity contribution in [1.29, 1.82) is 0 Å². The van der Waals surface area contributed by atoms with Gasteiger partial charge in [0, 0.05) is 0 Å². The van der Waals surface area contributed by atoms with Crippen LogP contribution in [-0.2, 0) is 0 Å². The number of aryl methyl sites for hydroxylation is 2. The first-order chi connectivity index (χ1) is 9.66. The molecule has 0 radical (unpaired) electrons. The average molecular weight is 270 g/mol. The lowest BCUT2D eigenvalue weighted by molar-refractivity contribution is 0.169. The van der Waals surface area contributed by atoms with E-state index in [-0.39, 0.29) is 0 Å². The van der Waals surface area contributed by atoms with Crippen molar-refractivity contribution in [2.24, 2.45) is 0 Å². The highest BCUT2D eigenvalue weighted by molar-refractivity contribution is 5.48. The van der Waals surface area contributed by atoms with E-state index in [2.05, 4.69) is 0 Å². The minimum atomic E-state index is -0.646. The number of aliphatic hydroxyl groups excluding tert-OH is 1. The molecule has 20 heavy (non-hydrogen) atoms. The van der Waals surface area contributed by atoms with Crippen LogP contribution in [0.25, 0.3) is 0 Å². The van der Waals surface area contributed by atoms with Crippen LogP contribution < -0.4 is 9.47 Å². The van der Waals surface area contributed by atoms with E-state index in [1.54, 1.807) is 0 Å². The Morgan fingerprint density at radius 1 is 0.950 bits per heavy atom. The zero-order valence-corrected chi connectivity index (χ0v) is 11.7. The third-order valence-corrected chi connectivity index (χ3v) is 3.70. The Labute approximate surface area is 118 Å². The summed E-state index contributed by atoms with van der Waals surface area (Å²) < 4.78 is 11.1. The lowest BCUT2D eigenvalue weighted by Crippen LogP contribution is -2.15. The molecule has 1 heterocycles. The molecule has 0 aromatic heterocycles. The van der Waals surface area contributed by atoms with Gasteiger partial charge in [-0.1, -0.05) is 24.3 Å². The molecule has 3 heteroatoms. The van der Waals surface area contributed by atoms with Crippen molar-refractivity contribution in [3.63, 3.8) is 0 Å². The van der Waals surface area contributed by atoms with E-state index in [1.807, 2.05) is 50.2 Å². The number of benzene rings is 2. The lowest BCUT2D eigenvalue weighted by Gasteiger charge is -2.21. The highest BCUT2D eigenvalue weighted by Gasteiger charge is 2.19. The van der Waals surface area contributed by atoms with Crippen molar-refractivity contribution in [3.05, 3.63) is 58.7 Å². The summed E-state index contributed by atoms with van der Waals surface area (Å²) in [7, 11) is 0. The Kier molecular flexibility index (Phi) is 3.36. The predicted molar refractivity (Wildman–Crippen MR) is 77.4 cm³/mol. The van der Waals surface area contributed by atoms with Crippen molar-refractivity contribution in [3.8, 4) is 11.5 Å². The molecule has 0 fully saturated rings. The topological polar surface area (TPSA) is 38.7 Å². The average Bonchev–Trinajstić information content (AvgIpc) is 2.46. The molecule has 0 saturated carbocycles. The van der Waals surface area contributed by atoms with Crippen LogP contribution in [0.2, 0.25) is 0 Å². The first-order valence-electron chi connectivity index (χ1n) is 6.80. The van der Waals surface area contributed by atoms with E-state index >= 15 is 0 Å². The normalized spacial score (nSPS) is 14.9. The number of hydrogen-bond donors (Lipinski definition) is 1. The number of rotatable bonds is 2. The van der Waals surface area contributed by atoms with Crippen LogP contribution in [-0.4, -0.2) is 18.3 Å². The van der Waals surface area contributed by atoms with Gasteiger partial charge in [0.2, 0.25) is 0 Å². The number of hydrogen-bond acceptors (Lipinski definition) is 3. The molecule has 0 amide bonds. The fourth-order valence-electron chi connectivity index (χ4n) is 2.66. The summed E-state index contributed by atoms with van der Waals surface area (Å²) in [5.74, 6) is 1.45. The van der Waals surface area contributed by atoms with Gasteiger partial charge in [-0.15, -0.1) is 0 Å². The molecule has 1 N–H and O–H groups in total. The van der Waals surface area contributed by atoms with Crippen LogP contribution in [0.5, 0.6) is 11.5 Å². The fourth-order valence-corrected chi connectivity index (χ4v) is 2.66. The summed E-state index contributed by atoms with van der Waals surface area (Å²) in [6.07, 6.45) is -0.646. The summed E-state index contributed by atoms with van der Waals surface area (Å²) in [5.41, 5.74) is 3.97. The van der Waals surface area contributed by atoms with Crippen LogP contribution in [0.15, 0.2) is 36.4 Å². The summed E-state index contributed by atoms with van der Waals surface area (Å²) in [6.45, 7) is 5.16. The standard InChI is InChI=1S/C17H18O3/c1-11-4-3-5-12(2)16(11)17(18)13-6-7-14-15(10-13)20-9-8-19-14/h3-7,10,17-18H,8-9H2,1-2H3. The van der Waals surface area contributed by atoms with Crippen LogP contribution in [0, 0.1) is 13.8 Å². The maximum atomic E-state index is 10.7. The predicted octanol–water partition coefficient (Wildman–Crippen LogP) is 3.16. The number of fused-ring (bicyclic) bond motifs is 1. The fraction of sp³-hybridized carbons (Fsp3) is 0.294. The molecule has 104 valence electrons. The van der Waals surface area contributed by atoms with E-state index in [0.717, 1.165) is 28.0 Å². The Hall–Kier alpha value is -2.00. The number of ether oxygens (including phenoxy) is 2. The Morgan fingerprint density at radius 2 is 1.60 bits per heavy atom. The minimum Gasteiger partial charge on any atom is -0.486 e. The maximum Gasteiger partial charge on any atom is 0.161 e. The Bertz CT molecular complexity index is 614. The maximum absolute atomic E-state index is 10.7. The molecule has 0 spiro atoms. The first kappa shape index (κ1) is 13.0. The molecule has 0 saturated heterocycles. The lowest BCUT2D eigenvalue weighted by atomic mass is 9.93. The highest BCUT2D eigenvalue weighted by Crippen LogP contribution is 2.35. The van der Waals surface area contributed by atoms with E-state index in [4.69, 9.17) is 9.47 Å². The Morgan fingerprint density at radius 3 is 2.30 bits per heavy atom. The molecule has 1 aliphatic rings. The van der Waals surface area contributed by atoms with Crippen molar-refractivity contribution in [1.82, 2.24) is 0 Å². The quantitative estimate of drug-likeness (QED) is 0.911. The zero-order chi connectivity index (χ0) is 14.1. The Balaban J connectivity index is 2.00. The zero-order valence-electron chi connectivity index (χ0n) is 11.7. The van der Waals surface area contributed by atoms with Gasteiger partial charge in [-0.3, -0.25) is 0 Å². The van der Waals surface area contributed by atoms with E-state index in [9.17, 15) is 5.11 Å². The molecular formula is C17H18O3. The van der Waals surface area contributed by atoms with Crippen molar-refractivity contribution in [2.45, 2.75) is 20.0 Å². The first-order valence-corrected chi connectivity index (χ1v) is 6.80. The second-order valence-electron chi connectivity index (χ2n) is 5.11. The largest absolute Gasteiger partial charge is 0.486 e. The summed E-state index contributed by atoms with van der Waals surface area (Å²) in [4.78, 5) is 0. The SMILES string of the molecule is Cc1cccc(C)c1C(O)c1ccc2c(c1)OCCO2. The van der Waals surface area contributed by atoms with E-state index in [1.165, 1.54) is 0 Å². The van der Waals surface area contributed by atoms with Gasteiger partial charge in [-0.05, 0) is 48.2 Å². The monoisotopic (exact) mass is 270 g/mol. The van der Waals surface area contributed by atoms with Crippen LogP contribution in [0.3, 0.4) is 0 Å². The van der Waals surface area contributed by atoms with E-state index in [0.29, 0.717) is 19.0 Å². The number of aliphatic hydroxyl groups is 1. The highest BCUT2D eigenvalue weighted by atomic mass is 16.6. The smallest absolute Gasteiger partial charge is 0.161 e. The molecule has 1 unspecified atom stereocenters. The van der Waals surface area contributed by atoms with Gasteiger partial charge in [-0.25, -0.2) is 0 Å². The molecule has 2 aromatic carbocycles. The van der Waals surface area contributed by atoms with Crippen molar-refractivity contribution >= 4 is 0 Å². The van der Waals surface area contributed by atoms with Gasteiger partial charge < -0.3 is 14.6 Å². The van der Waals surface area contributed by atoms with Crippen LogP contribution in [0.4, 0.5) is 0 Å².